The second-order valence-electron chi connectivity index (χ2n) is 14.4. The van der Waals surface area contributed by atoms with Crippen LogP contribution in [-0.4, -0.2) is 9.55 Å². The van der Waals surface area contributed by atoms with Crippen molar-refractivity contribution >= 4 is 43.4 Å². The minimum Gasteiger partial charge on any atom is -0.309 e. The molecule has 10 aromatic rings. The molecule has 11 rings (SSSR count). The lowest BCUT2D eigenvalue weighted by Crippen LogP contribution is -1.95. The van der Waals surface area contributed by atoms with Gasteiger partial charge < -0.3 is 4.57 Å². The van der Waals surface area contributed by atoms with Crippen LogP contribution in [0.4, 0.5) is 0 Å². The summed E-state index contributed by atoms with van der Waals surface area (Å²) in [5.41, 5.74) is 18.3. The van der Waals surface area contributed by atoms with E-state index >= 15 is 0 Å². The Labute approximate surface area is 308 Å². The standard InChI is InChI=1S/C51H34N2/c1-31-27-36(28-32(2)52-31)35-25-26-44-42(29-35)49-40-23-14-24-41-48(40)43(30-45(49)53(44)37-19-10-5-11-20-37)51-47(34-17-8-4-9-18-34)39-22-13-12-21-38(39)46(50(41)51)33-15-6-3-7-16-33/h3-30H,1-2H3. The highest BCUT2D eigenvalue weighted by molar-refractivity contribution is 6.34. The average Bonchev–Trinajstić information content (AvgIpc) is 3.71. The van der Waals surface area contributed by atoms with Crippen molar-refractivity contribution in [3.05, 3.63) is 181 Å². The number of aromatic nitrogens is 2. The normalized spacial score (nSPS) is 12.0. The first kappa shape index (κ1) is 29.9. The van der Waals surface area contributed by atoms with Crippen LogP contribution in [0.1, 0.15) is 11.4 Å². The summed E-state index contributed by atoms with van der Waals surface area (Å²) in [6, 6.07) is 62.7. The molecule has 1 aliphatic rings. The zero-order chi connectivity index (χ0) is 35.2. The van der Waals surface area contributed by atoms with E-state index in [4.69, 9.17) is 0 Å². The van der Waals surface area contributed by atoms with Gasteiger partial charge in [-0.1, -0.05) is 127 Å². The molecule has 248 valence electrons. The number of fused-ring (bicyclic) bond motifs is 8. The molecule has 8 aromatic carbocycles. The van der Waals surface area contributed by atoms with Gasteiger partial charge in [0.05, 0.1) is 11.0 Å². The van der Waals surface area contributed by atoms with Crippen molar-refractivity contribution in [2.75, 3.05) is 0 Å². The highest BCUT2D eigenvalue weighted by Gasteiger charge is 2.32. The maximum atomic E-state index is 4.68. The Balaban J connectivity index is 1.34. The summed E-state index contributed by atoms with van der Waals surface area (Å²) in [5, 5.41) is 7.70. The lowest BCUT2D eigenvalue weighted by Gasteiger charge is -2.20. The maximum absolute atomic E-state index is 4.68. The fourth-order valence-corrected chi connectivity index (χ4v) is 9.22. The molecule has 2 aromatic heterocycles. The van der Waals surface area contributed by atoms with E-state index in [-0.39, 0.29) is 0 Å². The number of aryl methyl sites for hydroxylation is 2. The number of benzene rings is 8. The van der Waals surface area contributed by atoms with E-state index in [1.54, 1.807) is 0 Å². The molecular formula is C51H34N2. The molecule has 0 spiro atoms. The first-order chi connectivity index (χ1) is 26.1. The van der Waals surface area contributed by atoms with Crippen LogP contribution in [0.5, 0.6) is 0 Å². The van der Waals surface area contributed by atoms with Crippen LogP contribution < -0.4 is 0 Å². The Morgan fingerprint density at radius 3 is 1.57 bits per heavy atom. The second-order valence-corrected chi connectivity index (χ2v) is 14.4. The Morgan fingerprint density at radius 2 is 0.925 bits per heavy atom. The molecule has 0 atom stereocenters. The Morgan fingerprint density at radius 1 is 0.358 bits per heavy atom. The minimum absolute atomic E-state index is 1.03. The fourth-order valence-electron chi connectivity index (χ4n) is 9.22. The Bertz CT molecular complexity index is 3080. The molecule has 0 N–H and O–H groups in total. The summed E-state index contributed by atoms with van der Waals surface area (Å²) >= 11 is 0. The predicted octanol–water partition coefficient (Wildman–Crippen LogP) is 13.8. The van der Waals surface area contributed by atoms with Gasteiger partial charge in [0.15, 0.2) is 0 Å². The molecule has 0 fully saturated rings. The summed E-state index contributed by atoms with van der Waals surface area (Å²) in [6.07, 6.45) is 0. The van der Waals surface area contributed by atoms with Gasteiger partial charge in [-0.05, 0) is 133 Å². The van der Waals surface area contributed by atoms with Crippen molar-refractivity contribution in [2.45, 2.75) is 13.8 Å². The summed E-state index contributed by atoms with van der Waals surface area (Å²) < 4.78 is 2.47. The van der Waals surface area contributed by atoms with Gasteiger partial charge in [0, 0.05) is 27.8 Å². The summed E-state index contributed by atoms with van der Waals surface area (Å²) in [5.74, 6) is 0. The van der Waals surface area contributed by atoms with Crippen LogP contribution >= 0.6 is 0 Å². The third-order valence-corrected chi connectivity index (χ3v) is 11.2. The van der Waals surface area contributed by atoms with Crippen molar-refractivity contribution in [3.63, 3.8) is 0 Å². The number of hydrogen-bond acceptors (Lipinski definition) is 1. The molecule has 0 bridgehead atoms. The van der Waals surface area contributed by atoms with Crippen LogP contribution in [0, 0.1) is 13.8 Å². The zero-order valence-corrected chi connectivity index (χ0v) is 29.6. The van der Waals surface area contributed by atoms with E-state index in [0.717, 1.165) is 17.1 Å². The topological polar surface area (TPSA) is 17.8 Å². The van der Waals surface area contributed by atoms with E-state index in [1.165, 1.54) is 99.0 Å². The third-order valence-electron chi connectivity index (χ3n) is 11.2. The molecule has 2 nitrogen and oxygen atoms in total. The summed E-state index contributed by atoms with van der Waals surface area (Å²) in [7, 11) is 0. The average molecular weight is 675 g/mol. The molecule has 2 heteroatoms. The molecule has 2 heterocycles. The Hall–Kier alpha value is -6.77. The van der Waals surface area contributed by atoms with E-state index in [9.17, 15) is 0 Å². The largest absolute Gasteiger partial charge is 0.309 e. The quantitative estimate of drug-likeness (QED) is 0.182. The number of rotatable bonds is 4. The van der Waals surface area contributed by atoms with Crippen molar-refractivity contribution < 1.29 is 0 Å². The SMILES string of the molecule is Cc1cc(-c2ccc3c(c2)c2c4cccc5c4c(cc2n3-c2ccccc2)-c2c-5c(-c3ccccc3)c3ccccc3c2-c2ccccc2)cc(C)n1. The van der Waals surface area contributed by atoms with Gasteiger partial charge in [0.1, 0.15) is 0 Å². The van der Waals surface area contributed by atoms with Crippen LogP contribution in [0.15, 0.2) is 170 Å². The number of nitrogens with zero attached hydrogens (tertiary/aromatic N) is 2. The molecular weight excluding hydrogens is 641 g/mol. The lowest BCUT2D eigenvalue weighted by atomic mass is 9.82. The highest BCUT2D eigenvalue weighted by Crippen LogP contribution is 2.59. The molecule has 0 radical (unpaired) electrons. The Kier molecular flexibility index (Phi) is 6.41. The molecule has 0 unspecified atom stereocenters. The molecule has 1 aliphatic carbocycles. The molecule has 0 saturated carbocycles. The molecule has 0 saturated heterocycles. The molecule has 0 aliphatic heterocycles. The van der Waals surface area contributed by atoms with Crippen molar-refractivity contribution in [3.8, 4) is 61.3 Å². The van der Waals surface area contributed by atoms with Crippen molar-refractivity contribution in [2.24, 2.45) is 0 Å². The van der Waals surface area contributed by atoms with Gasteiger partial charge >= 0.3 is 0 Å². The van der Waals surface area contributed by atoms with Gasteiger partial charge in [-0.3, -0.25) is 4.98 Å². The number of hydrogen-bond donors (Lipinski definition) is 0. The second kappa shape index (κ2) is 11.4. The zero-order valence-electron chi connectivity index (χ0n) is 29.6. The highest BCUT2D eigenvalue weighted by atomic mass is 15.0. The summed E-state index contributed by atoms with van der Waals surface area (Å²) in [6.45, 7) is 4.16. The van der Waals surface area contributed by atoms with Crippen molar-refractivity contribution in [1.82, 2.24) is 9.55 Å². The van der Waals surface area contributed by atoms with Gasteiger partial charge in [-0.15, -0.1) is 0 Å². The first-order valence-electron chi connectivity index (χ1n) is 18.4. The maximum Gasteiger partial charge on any atom is 0.0553 e. The fraction of sp³-hybridized carbons (Fsp3) is 0.0392. The minimum atomic E-state index is 1.03. The van der Waals surface area contributed by atoms with E-state index in [0.29, 0.717) is 0 Å². The number of para-hydroxylation sites is 1. The predicted molar refractivity (Wildman–Crippen MR) is 224 cm³/mol. The monoisotopic (exact) mass is 674 g/mol. The van der Waals surface area contributed by atoms with Gasteiger partial charge in [-0.25, -0.2) is 0 Å². The van der Waals surface area contributed by atoms with Crippen molar-refractivity contribution in [1.29, 1.82) is 0 Å². The van der Waals surface area contributed by atoms with E-state index in [1.807, 2.05) is 0 Å². The molecule has 53 heavy (non-hydrogen) atoms. The van der Waals surface area contributed by atoms with E-state index < -0.39 is 0 Å². The van der Waals surface area contributed by atoms with Crippen LogP contribution in [0.25, 0.3) is 105 Å². The van der Waals surface area contributed by atoms with Crippen LogP contribution in [-0.2, 0) is 0 Å². The van der Waals surface area contributed by atoms with Crippen LogP contribution in [0.2, 0.25) is 0 Å². The third kappa shape index (κ3) is 4.36. The summed E-state index contributed by atoms with van der Waals surface area (Å²) in [4.78, 5) is 4.68. The smallest absolute Gasteiger partial charge is 0.0553 e. The van der Waals surface area contributed by atoms with Crippen LogP contribution in [0.3, 0.4) is 0 Å². The van der Waals surface area contributed by atoms with Gasteiger partial charge in [-0.2, -0.15) is 0 Å². The lowest BCUT2D eigenvalue weighted by molar-refractivity contribution is 1.12. The molecule has 0 amide bonds. The first-order valence-corrected chi connectivity index (χ1v) is 18.4. The van der Waals surface area contributed by atoms with E-state index in [2.05, 4.69) is 193 Å². The van der Waals surface area contributed by atoms with Gasteiger partial charge in [0.25, 0.3) is 0 Å². The van der Waals surface area contributed by atoms with Gasteiger partial charge in [0.2, 0.25) is 0 Å². The number of pyridine rings is 1.